The van der Waals surface area contributed by atoms with E-state index in [1.807, 2.05) is 12.1 Å². The van der Waals surface area contributed by atoms with Gasteiger partial charge in [0, 0.05) is 22.5 Å². The minimum atomic E-state index is -0.0998. The third-order valence-corrected chi connectivity index (χ3v) is 3.39. The Labute approximate surface area is 116 Å². The highest BCUT2D eigenvalue weighted by Gasteiger charge is 2.20. The van der Waals surface area contributed by atoms with Gasteiger partial charge in [0.05, 0.1) is 0 Å². The first-order valence-electron chi connectivity index (χ1n) is 6.46. The summed E-state index contributed by atoms with van der Waals surface area (Å²) in [5.74, 6) is 0. The molecule has 0 bridgehead atoms. The molecule has 18 heavy (non-hydrogen) atoms. The van der Waals surface area contributed by atoms with Crippen molar-refractivity contribution in [1.82, 2.24) is 5.32 Å². The zero-order valence-electron chi connectivity index (χ0n) is 11.9. The fraction of sp³-hybridized carbons (Fsp3) is 0.600. The molecule has 0 aliphatic carbocycles. The van der Waals surface area contributed by atoms with Gasteiger partial charge in [0.15, 0.2) is 0 Å². The first kappa shape index (κ1) is 15.5. The summed E-state index contributed by atoms with van der Waals surface area (Å²) in [5.41, 5.74) is 7.26. The molecule has 0 atom stereocenters. The molecule has 0 radical (unpaired) electrons. The summed E-state index contributed by atoms with van der Waals surface area (Å²) in [4.78, 5) is 0. The Morgan fingerprint density at radius 1 is 1.11 bits per heavy atom. The number of nitrogens with two attached hydrogens (primary N) is 1. The van der Waals surface area contributed by atoms with Crippen molar-refractivity contribution in [3.05, 3.63) is 34.9 Å². The maximum atomic E-state index is 5.96. The highest BCUT2D eigenvalue weighted by Crippen LogP contribution is 2.23. The van der Waals surface area contributed by atoms with Crippen molar-refractivity contribution in [3.8, 4) is 0 Å². The van der Waals surface area contributed by atoms with Crippen molar-refractivity contribution in [2.24, 2.45) is 5.73 Å². The Bertz CT molecular complexity index is 363. The van der Waals surface area contributed by atoms with Gasteiger partial charge in [-0.15, -0.1) is 0 Å². The van der Waals surface area contributed by atoms with Crippen LogP contribution in [0.2, 0.25) is 5.02 Å². The normalized spacial score (nSPS) is 12.8. The van der Waals surface area contributed by atoms with Gasteiger partial charge in [-0.2, -0.15) is 0 Å². The number of benzene rings is 1. The Morgan fingerprint density at radius 3 is 2.17 bits per heavy atom. The molecule has 0 spiro atoms. The second kappa shape index (κ2) is 6.05. The van der Waals surface area contributed by atoms with E-state index < -0.39 is 0 Å². The number of rotatable bonds is 6. The van der Waals surface area contributed by atoms with Crippen molar-refractivity contribution in [3.63, 3.8) is 0 Å². The van der Waals surface area contributed by atoms with Crippen molar-refractivity contribution < 1.29 is 0 Å². The molecule has 0 amide bonds. The monoisotopic (exact) mass is 268 g/mol. The van der Waals surface area contributed by atoms with Crippen LogP contribution in [0.4, 0.5) is 0 Å². The van der Waals surface area contributed by atoms with E-state index in [0.29, 0.717) is 0 Å². The molecule has 0 unspecified atom stereocenters. The molecule has 2 nitrogen and oxygen atoms in total. The average Bonchev–Trinajstić information content (AvgIpc) is 2.24. The van der Waals surface area contributed by atoms with E-state index in [0.717, 1.165) is 24.5 Å². The summed E-state index contributed by atoms with van der Waals surface area (Å²) >= 11 is 5.91. The molecule has 0 saturated heterocycles. The minimum absolute atomic E-state index is 0.0998. The molecule has 0 aliphatic rings. The quantitative estimate of drug-likeness (QED) is 0.777. The lowest BCUT2D eigenvalue weighted by Crippen LogP contribution is -2.39. The van der Waals surface area contributed by atoms with Gasteiger partial charge in [-0.3, -0.25) is 0 Å². The Balaban J connectivity index is 2.47. The Morgan fingerprint density at radius 2 is 1.67 bits per heavy atom. The maximum Gasteiger partial charge on any atom is 0.0406 e. The molecule has 3 N–H and O–H groups in total. The predicted octanol–water partition coefficient (Wildman–Crippen LogP) is 3.33. The lowest BCUT2D eigenvalue weighted by atomic mass is 9.84. The lowest BCUT2D eigenvalue weighted by molar-refractivity contribution is 0.418. The van der Waals surface area contributed by atoms with E-state index in [1.165, 1.54) is 5.56 Å². The van der Waals surface area contributed by atoms with Gasteiger partial charge in [0.2, 0.25) is 0 Å². The van der Waals surface area contributed by atoms with Gasteiger partial charge in [0.25, 0.3) is 0 Å². The fourth-order valence-electron chi connectivity index (χ4n) is 1.81. The van der Waals surface area contributed by atoms with Gasteiger partial charge < -0.3 is 11.1 Å². The van der Waals surface area contributed by atoms with Gasteiger partial charge in [-0.05, 0) is 44.5 Å². The van der Waals surface area contributed by atoms with Gasteiger partial charge in [-0.25, -0.2) is 0 Å². The van der Waals surface area contributed by atoms with Crippen molar-refractivity contribution in [1.29, 1.82) is 0 Å². The zero-order valence-corrected chi connectivity index (χ0v) is 12.6. The second-order valence-corrected chi connectivity index (χ2v) is 6.74. The first-order chi connectivity index (χ1) is 8.21. The van der Waals surface area contributed by atoms with E-state index in [4.69, 9.17) is 17.3 Å². The molecule has 1 aromatic rings. The highest BCUT2D eigenvalue weighted by atomic mass is 35.5. The first-order valence-corrected chi connectivity index (χ1v) is 6.84. The highest BCUT2D eigenvalue weighted by molar-refractivity contribution is 6.30. The summed E-state index contributed by atoms with van der Waals surface area (Å²) in [7, 11) is 0. The molecule has 0 aromatic heterocycles. The van der Waals surface area contributed by atoms with Crippen molar-refractivity contribution >= 4 is 11.6 Å². The SMILES string of the molecule is CC(C)(N)CCNCC(C)(C)c1ccc(Cl)cc1. The van der Waals surface area contributed by atoms with Crippen molar-refractivity contribution in [2.45, 2.75) is 45.1 Å². The van der Waals surface area contributed by atoms with Gasteiger partial charge >= 0.3 is 0 Å². The lowest BCUT2D eigenvalue weighted by Gasteiger charge is -2.27. The number of nitrogens with one attached hydrogen (secondary N) is 1. The largest absolute Gasteiger partial charge is 0.326 e. The minimum Gasteiger partial charge on any atom is -0.326 e. The number of hydrogen-bond donors (Lipinski definition) is 2. The third kappa shape index (κ3) is 5.38. The number of halogens is 1. The molecule has 0 heterocycles. The van der Waals surface area contributed by atoms with Crippen LogP contribution in [0, 0.1) is 0 Å². The Hall–Kier alpha value is -0.570. The fourth-order valence-corrected chi connectivity index (χ4v) is 1.94. The van der Waals surface area contributed by atoms with Crippen LogP contribution < -0.4 is 11.1 Å². The molecule has 3 heteroatoms. The molecular weight excluding hydrogens is 244 g/mol. The molecular formula is C15H25ClN2. The second-order valence-electron chi connectivity index (χ2n) is 6.31. The molecule has 1 rings (SSSR count). The summed E-state index contributed by atoms with van der Waals surface area (Å²) in [6.07, 6.45) is 0.976. The number of hydrogen-bond acceptors (Lipinski definition) is 2. The van der Waals surface area contributed by atoms with E-state index in [-0.39, 0.29) is 11.0 Å². The van der Waals surface area contributed by atoms with E-state index in [9.17, 15) is 0 Å². The standard InChI is InChI=1S/C15H25ClN2/c1-14(2,11-18-10-9-15(3,4)17)12-5-7-13(16)8-6-12/h5-8,18H,9-11,17H2,1-4H3. The Kier molecular flexibility index (Phi) is 5.20. The van der Waals surface area contributed by atoms with Crippen LogP contribution in [-0.4, -0.2) is 18.6 Å². The third-order valence-electron chi connectivity index (χ3n) is 3.14. The van der Waals surface area contributed by atoms with Crippen LogP contribution in [0.5, 0.6) is 0 Å². The summed E-state index contributed by atoms with van der Waals surface area (Å²) in [6, 6.07) is 8.08. The smallest absolute Gasteiger partial charge is 0.0406 e. The molecule has 0 saturated carbocycles. The van der Waals surface area contributed by atoms with Crippen LogP contribution in [0.25, 0.3) is 0 Å². The molecule has 0 aliphatic heterocycles. The van der Waals surface area contributed by atoms with Gasteiger partial charge in [0.1, 0.15) is 0 Å². The maximum absolute atomic E-state index is 5.96. The molecule has 1 aromatic carbocycles. The summed E-state index contributed by atoms with van der Waals surface area (Å²) in [6.45, 7) is 10.5. The van der Waals surface area contributed by atoms with Crippen LogP contribution >= 0.6 is 11.6 Å². The molecule has 102 valence electrons. The summed E-state index contributed by atoms with van der Waals surface area (Å²) in [5, 5.41) is 4.27. The average molecular weight is 269 g/mol. The zero-order chi connectivity index (χ0) is 13.8. The van der Waals surface area contributed by atoms with Crippen LogP contribution in [0.15, 0.2) is 24.3 Å². The predicted molar refractivity (Wildman–Crippen MR) is 80.2 cm³/mol. The van der Waals surface area contributed by atoms with Gasteiger partial charge in [-0.1, -0.05) is 37.6 Å². The summed E-state index contributed by atoms with van der Waals surface area (Å²) < 4.78 is 0. The van der Waals surface area contributed by atoms with Crippen molar-refractivity contribution in [2.75, 3.05) is 13.1 Å². The topological polar surface area (TPSA) is 38.0 Å². The van der Waals surface area contributed by atoms with Crippen LogP contribution in [0.1, 0.15) is 39.7 Å². The van der Waals surface area contributed by atoms with E-state index in [2.05, 4.69) is 45.1 Å². The van der Waals surface area contributed by atoms with E-state index in [1.54, 1.807) is 0 Å². The molecule has 0 fully saturated rings. The van der Waals surface area contributed by atoms with E-state index >= 15 is 0 Å². The van der Waals surface area contributed by atoms with Crippen LogP contribution in [0.3, 0.4) is 0 Å². The van der Waals surface area contributed by atoms with Crippen LogP contribution in [-0.2, 0) is 5.41 Å².